The predicted molar refractivity (Wildman–Crippen MR) is 93.6 cm³/mol. The van der Waals surface area contributed by atoms with E-state index in [2.05, 4.69) is 15.3 Å². The molecule has 0 saturated heterocycles. The summed E-state index contributed by atoms with van der Waals surface area (Å²) in [4.78, 5) is 9.33. The average Bonchev–Trinajstić information content (AvgIpc) is 2.95. The fourth-order valence-electron chi connectivity index (χ4n) is 2.22. The van der Waals surface area contributed by atoms with Gasteiger partial charge in [0.2, 0.25) is 0 Å². The van der Waals surface area contributed by atoms with Gasteiger partial charge in [-0.1, -0.05) is 0 Å². The Bertz CT molecular complexity index is 840. The van der Waals surface area contributed by atoms with Gasteiger partial charge in [-0.15, -0.1) is 11.3 Å². The molecular formula is C16H15N3O2S2. The smallest absolute Gasteiger partial charge is 0.187 e. The highest BCUT2D eigenvalue weighted by molar-refractivity contribution is 7.79. The Morgan fingerprint density at radius 2 is 1.74 bits per heavy atom. The van der Waals surface area contributed by atoms with Crippen molar-refractivity contribution in [2.75, 3.05) is 5.32 Å². The summed E-state index contributed by atoms with van der Waals surface area (Å²) in [5.74, 6) is 0. The van der Waals surface area contributed by atoms with Gasteiger partial charge < -0.3 is 9.87 Å². The first-order valence-electron chi connectivity index (χ1n) is 6.90. The predicted octanol–water partition coefficient (Wildman–Crippen LogP) is 4.15. The SMILES string of the molecule is Cc1cc(-c2csc(Nc3ccc(S(=O)O)cc3)n2)cc(C)n1. The van der Waals surface area contributed by atoms with E-state index in [-0.39, 0.29) is 0 Å². The van der Waals surface area contributed by atoms with E-state index in [1.807, 2.05) is 31.4 Å². The van der Waals surface area contributed by atoms with Crippen LogP contribution >= 0.6 is 11.3 Å². The second-order valence-corrected chi connectivity index (χ2v) is 6.90. The molecule has 0 amide bonds. The van der Waals surface area contributed by atoms with E-state index in [4.69, 9.17) is 4.55 Å². The highest BCUT2D eigenvalue weighted by Gasteiger charge is 2.07. The maximum absolute atomic E-state index is 11.0. The summed E-state index contributed by atoms with van der Waals surface area (Å²) in [6.45, 7) is 3.93. The maximum Gasteiger partial charge on any atom is 0.187 e. The minimum Gasteiger partial charge on any atom is -0.332 e. The van der Waals surface area contributed by atoms with Crippen LogP contribution in [-0.4, -0.2) is 18.7 Å². The number of aryl methyl sites for hydroxylation is 2. The highest BCUT2D eigenvalue weighted by atomic mass is 32.2. The minimum atomic E-state index is -1.96. The standard InChI is InChI=1S/C16H15N3O2S2/c1-10-7-12(8-11(2)17-10)15-9-22-16(19-15)18-13-3-5-14(6-4-13)23(20)21/h3-9H,1-2H3,(H,18,19)(H,20,21). The fraction of sp³-hybridized carbons (Fsp3) is 0.125. The van der Waals surface area contributed by atoms with E-state index in [1.54, 1.807) is 24.3 Å². The number of benzene rings is 1. The molecule has 2 heterocycles. The van der Waals surface area contributed by atoms with E-state index in [0.29, 0.717) is 4.90 Å². The van der Waals surface area contributed by atoms with E-state index in [0.717, 1.165) is 33.5 Å². The molecule has 1 aromatic carbocycles. The van der Waals surface area contributed by atoms with Crippen molar-refractivity contribution in [1.29, 1.82) is 0 Å². The first-order valence-corrected chi connectivity index (χ1v) is 8.89. The van der Waals surface area contributed by atoms with Crippen molar-refractivity contribution in [3.05, 3.63) is 53.2 Å². The second kappa shape index (κ2) is 6.57. The number of hydrogen-bond acceptors (Lipinski definition) is 5. The van der Waals surface area contributed by atoms with Crippen LogP contribution in [0.2, 0.25) is 0 Å². The number of thiazole rings is 1. The molecule has 0 radical (unpaired) electrons. The molecule has 1 unspecified atom stereocenters. The van der Waals surface area contributed by atoms with Crippen molar-refractivity contribution in [3.8, 4) is 11.3 Å². The molecule has 23 heavy (non-hydrogen) atoms. The zero-order valence-electron chi connectivity index (χ0n) is 12.6. The molecule has 0 bridgehead atoms. The fourth-order valence-corrected chi connectivity index (χ4v) is 3.33. The Balaban J connectivity index is 1.80. The third kappa shape index (κ3) is 3.82. The first kappa shape index (κ1) is 15.8. The molecule has 2 aromatic heterocycles. The van der Waals surface area contributed by atoms with Crippen LogP contribution in [0, 0.1) is 13.8 Å². The molecular weight excluding hydrogens is 330 g/mol. The molecule has 0 aliphatic rings. The van der Waals surface area contributed by atoms with Crippen LogP contribution < -0.4 is 5.32 Å². The number of nitrogens with one attached hydrogen (secondary N) is 1. The van der Waals surface area contributed by atoms with Crippen molar-refractivity contribution in [2.45, 2.75) is 18.7 Å². The van der Waals surface area contributed by atoms with Gasteiger partial charge in [0.1, 0.15) is 0 Å². The third-order valence-electron chi connectivity index (χ3n) is 3.19. The molecule has 0 spiro atoms. The van der Waals surface area contributed by atoms with Crippen LogP contribution in [0.25, 0.3) is 11.3 Å². The van der Waals surface area contributed by atoms with Gasteiger partial charge in [0.25, 0.3) is 0 Å². The summed E-state index contributed by atoms with van der Waals surface area (Å²) in [5, 5.41) is 5.96. The minimum absolute atomic E-state index is 0.373. The molecule has 5 nitrogen and oxygen atoms in total. The molecule has 0 aliphatic heterocycles. The van der Waals surface area contributed by atoms with Crippen molar-refractivity contribution in [1.82, 2.24) is 9.97 Å². The number of rotatable bonds is 4. The van der Waals surface area contributed by atoms with E-state index in [1.165, 1.54) is 11.3 Å². The lowest BCUT2D eigenvalue weighted by molar-refractivity contribution is 0.564. The van der Waals surface area contributed by atoms with Gasteiger partial charge in [-0.05, 0) is 50.2 Å². The summed E-state index contributed by atoms with van der Waals surface area (Å²) in [6.07, 6.45) is 0. The molecule has 0 saturated carbocycles. The lowest BCUT2D eigenvalue weighted by atomic mass is 10.1. The maximum atomic E-state index is 11.0. The van der Waals surface area contributed by atoms with Gasteiger partial charge in [0.05, 0.1) is 10.6 Å². The summed E-state index contributed by atoms with van der Waals surface area (Å²) < 4.78 is 20.0. The van der Waals surface area contributed by atoms with Crippen LogP contribution in [0.3, 0.4) is 0 Å². The largest absolute Gasteiger partial charge is 0.332 e. The summed E-state index contributed by atoms with van der Waals surface area (Å²) in [7, 11) is 0. The summed E-state index contributed by atoms with van der Waals surface area (Å²) in [5.41, 5.74) is 4.71. The van der Waals surface area contributed by atoms with Crippen molar-refractivity contribution in [3.63, 3.8) is 0 Å². The Labute approximate surface area is 140 Å². The van der Waals surface area contributed by atoms with Crippen LogP contribution in [0.1, 0.15) is 11.4 Å². The zero-order chi connectivity index (χ0) is 16.4. The van der Waals surface area contributed by atoms with Crippen LogP contribution in [0.5, 0.6) is 0 Å². The molecule has 0 aliphatic carbocycles. The van der Waals surface area contributed by atoms with E-state index >= 15 is 0 Å². The van der Waals surface area contributed by atoms with Crippen molar-refractivity contribution < 1.29 is 8.76 Å². The molecule has 7 heteroatoms. The second-order valence-electron chi connectivity index (χ2n) is 5.08. The number of pyridine rings is 1. The van der Waals surface area contributed by atoms with E-state index < -0.39 is 11.1 Å². The number of nitrogens with zero attached hydrogens (tertiary/aromatic N) is 2. The Morgan fingerprint density at radius 1 is 1.09 bits per heavy atom. The van der Waals surface area contributed by atoms with Crippen molar-refractivity contribution >= 4 is 33.2 Å². The molecule has 2 N–H and O–H groups in total. The normalized spacial score (nSPS) is 12.1. The zero-order valence-corrected chi connectivity index (χ0v) is 14.2. The Morgan fingerprint density at radius 3 is 2.35 bits per heavy atom. The lowest BCUT2D eigenvalue weighted by Gasteiger charge is -2.03. The number of aromatic nitrogens is 2. The molecule has 0 fully saturated rings. The quantitative estimate of drug-likeness (QED) is 0.695. The number of anilines is 2. The number of hydrogen-bond donors (Lipinski definition) is 2. The van der Waals surface area contributed by atoms with Crippen LogP contribution in [-0.2, 0) is 11.1 Å². The molecule has 118 valence electrons. The van der Waals surface area contributed by atoms with Gasteiger partial charge in [-0.2, -0.15) is 0 Å². The van der Waals surface area contributed by atoms with Gasteiger partial charge in [-0.3, -0.25) is 4.98 Å². The molecule has 3 rings (SSSR count). The molecule has 3 aromatic rings. The monoisotopic (exact) mass is 345 g/mol. The van der Waals surface area contributed by atoms with Gasteiger partial charge in [0, 0.05) is 28.0 Å². The van der Waals surface area contributed by atoms with Crippen LogP contribution in [0.15, 0.2) is 46.7 Å². The summed E-state index contributed by atoms with van der Waals surface area (Å²) in [6, 6.07) is 10.8. The van der Waals surface area contributed by atoms with Gasteiger partial charge >= 0.3 is 0 Å². The highest BCUT2D eigenvalue weighted by Crippen LogP contribution is 2.28. The van der Waals surface area contributed by atoms with Crippen LogP contribution in [0.4, 0.5) is 10.8 Å². The lowest BCUT2D eigenvalue weighted by Crippen LogP contribution is -1.92. The summed E-state index contributed by atoms with van der Waals surface area (Å²) >= 11 is -0.446. The van der Waals surface area contributed by atoms with E-state index in [9.17, 15) is 4.21 Å². The first-order chi connectivity index (χ1) is 11.0. The topological polar surface area (TPSA) is 75.1 Å². The third-order valence-corrected chi connectivity index (χ3v) is 4.62. The Kier molecular flexibility index (Phi) is 4.51. The average molecular weight is 345 g/mol. The van der Waals surface area contributed by atoms with Gasteiger partial charge in [0.15, 0.2) is 16.2 Å². The molecule has 1 atom stereocenters. The van der Waals surface area contributed by atoms with Crippen molar-refractivity contribution in [2.24, 2.45) is 0 Å². The van der Waals surface area contributed by atoms with Gasteiger partial charge in [-0.25, -0.2) is 9.19 Å². The Hall–Kier alpha value is -2.09.